The molecule has 1 unspecified atom stereocenters. The Kier molecular flexibility index (Phi) is 4.04. The van der Waals surface area contributed by atoms with E-state index in [1.54, 1.807) is 0 Å². The van der Waals surface area contributed by atoms with Crippen LogP contribution >= 0.6 is 11.6 Å². The van der Waals surface area contributed by atoms with Gasteiger partial charge in [0.1, 0.15) is 0 Å². The van der Waals surface area contributed by atoms with Crippen LogP contribution in [0.3, 0.4) is 0 Å². The van der Waals surface area contributed by atoms with Crippen LogP contribution < -0.4 is 5.32 Å². The summed E-state index contributed by atoms with van der Waals surface area (Å²) in [6, 6.07) is 10.1. The molecule has 1 aromatic carbocycles. The van der Waals surface area contributed by atoms with Gasteiger partial charge in [-0.05, 0) is 31.2 Å². The molecule has 0 bridgehead atoms. The van der Waals surface area contributed by atoms with Crippen LogP contribution in [0.5, 0.6) is 0 Å². The molecule has 0 spiro atoms. The zero-order chi connectivity index (χ0) is 13.1. The maximum atomic E-state index is 6.27. The van der Waals surface area contributed by atoms with Crippen molar-refractivity contribution in [3.8, 4) is 0 Å². The molecule has 1 N–H and O–H groups in total. The van der Waals surface area contributed by atoms with E-state index in [1.165, 1.54) is 0 Å². The second kappa shape index (κ2) is 5.55. The Morgan fingerprint density at radius 3 is 2.67 bits per heavy atom. The number of hydrogen-bond acceptors (Lipinski definition) is 2. The fourth-order valence-electron chi connectivity index (χ4n) is 2.16. The molecule has 0 saturated heterocycles. The highest BCUT2D eigenvalue weighted by Crippen LogP contribution is 2.28. The SMILES string of the molecule is CCc1cc(C(NC)c2ccccc2Cl)n(C)n1. The zero-order valence-corrected chi connectivity index (χ0v) is 11.7. The number of nitrogens with one attached hydrogen (secondary N) is 1. The Morgan fingerprint density at radius 1 is 1.39 bits per heavy atom. The van der Waals surface area contributed by atoms with E-state index in [4.69, 9.17) is 11.6 Å². The molecule has 18 heavy (non-hydrogen) atoms. The van der Waals surface area contributed by atoms with E-state index in [0.29, 0.717) is 0 Å². The first-order valence-electron chi connectivity index (χ1n) is 6.11. The van der Waals surface area contributed by atoms with Gasteiger partial charge < -0.3 is 5.32 Å². The summed E-state index contributed by atoms with van der Waals surface area (Å²) >= 11 is 6.27. The predicted octanol–water partition coefficient (Wildman–Crippen LogP) is 2.94. The molecule has 96 valence electrons. The second-order valence-corrected chi connectivity index (χ2v) is 4.69. The summed E-state index contributed by atoms with van der Waals surface area (Å²) in [6.45, 7) is 2.11. The summed E-state index contributed by atoms with van der Waals surface area (Å²) in [5.41, 5.74) is 3.30. The summed E-state index contributed by atoms with van der Waals surface area (Å²) in [4.78, 5) is 0. The smallest absolute Gasteiger partial charge is 0.0760 e. The van der Waals surface area contributed by atoms with Crippen LogP contribution in [-0.4, -0.2) is 16.8 Å². The van der Waals surface area contributed by atoms with Crippen molar-refractivity contribution in [1.82, 2.24) is 15.1 Å². The van der Waals surface area contributed by atoms with Gasteiger partial charge in [-0.3, -0.25) is 4.68 Å². The highest BCUT2D eigenvalue weighted by atomic mass is 35.5. The van der Waals surface area contributed by atoms with Crippen molar-refractivity contribution < 1.29 is 0 Å². The lowest BCUT2D eigenvalue weighted by atomic mass is 10.0. The summed E-state index contributed by atoms with van der Waals surface area (Å²) in [7, 11) is 3.91. The average molecular weight is 264 g/mol. The van der Waals surface area contributed by atoms with Crippen LogP contribution in [0.1, 0.15) is 29.9 Å². The fraction of sp³-hybridized carbons (Fsp3) is 0.357. The van der Waals surface area contributed by atoms with Gasteiger partial charge in [0.05, 0.1) is 17.4 Å². The van der Waals surface area contributed by atoms with E-state index < -0.39 is 0 Å². The van der Waals surface area contributed by atoms with Crippen LogP contribution in [0.2, 0.25) is 5.02 Å². The summed E-state index contributed by atoms with van der Waals surface area (Å²) in [5.74, 6) is 0. The van der Waals surface area contributed by atoms with Gasteiger partial charge in [-0.15, -0.1) is 0 Å². The van der Waals surface area contributed by atoms with Crippen molar-refractivity contribution in [1.29, 1.82) is 0 Å². The van der Waals surface area contributed by atoms with E-state index in [9.17, 15) is 0 Å². The molecule has 1 atom stereocenters. The number of aryl methyl sites for hydroxylation is 2. The number of hydrogen-bond donors (Lipinski definition) is 1. The molecule has 0 aliphatic rings. The third kappa shape index (κ3) is 2.42. The molecule has 0 radical (unpaired) electrons. The zero-order valence-electron chi connectivity index (χ0n) is 10.9. The number of benzene rings is 1. The number of nitrogens with zero attached hydrogens (tertiary/aromatic N) is 2. The lowest BCUT2D eigenvalue weighted by Gasteiger charge is -2.18. The fourth-order valence-corrected chi connectivity index (χ4v) is 2.40. The van der Waals surface area contributed by atoms with Crippen LogP contribution in [0.15, 0.2) is 30.3 Å². The number of aromatic nitrogens is 2. The molecule has 4 heteroatoms. The van der Waals surface area contributed by atoms with Crippen molar-refractivity contribution in [2.24, 2.45) is 7.05 Å². The Labute approximate surface area is 113 Å². The molecule has 1 heterocycles. The quantitative estimate of drug-likeness (QED) is 0.919. The van der Waals surface area contributed by atoms with E-state index >= 15 is 0 Å². The third-order valence-corrected chi connectivity index (χ3v) is 3.47. The molecule has 0 saturated carbocycles. The van der Waals surface area contributed by atoms with Crippen LogP contribution in [0.25, 0.3) is 0 Å². The van der Waals surface area contributed by atoms with Gasteiger partial charge in [0.15, 0.2) is 0 Å². The van der Waals surface area contributed by atoms with Gasteiger partial charge in [-0.25, -0.2) is 0 Å². The van der Waals surface area contributed by atoms with Gasteiger partial charge in [-0.2, -0.15) is 5.10 Å². The Bertz CT molecular complexity index is 534. The second-order valence-electron chi connectivity index (χ2n) is 4.28. The number of rotatable bonds is 4. The maximum absolute atomic E-state index is 6.27. The Morgan fingerprint density at radius 2 is 2.11 bits per heavy atom. The first kappa shape index (κ1) is 13.1. The molecular formula is C14H18ClN3. The van der Waals surface area contributed by atoms with E-state index in [2.05, 4.69) is 23.4 Å². The molecule has 2 aromatic rings. The Balaban J connectivity index is 2.45. The molecule has 0 aliphatic heterocycles. The summed E-state index contributed by atoms with van der Waals surface area (Å²) < 4.78 is 1.92. The average Bonchev–Trinajstić information content (AvgIpc) is 2.74. The minimum absolute atomic E-state index is 0.0662. The van der Waals surface area contributed by atoms with Gasteiger partial charge in [-0.1, -0.05) is 36.7 Å². The predicted molar refractivity (Wildman–Crippen MR) is 74.9 cm³/mol. The van der Waals surface area contributed by atoms with Gasteiger partial charge >= 0.3 is 0 Å². The lowest BCUT2D eigenvalue weighted by Crippen LogP contribution is -2.20. The standard InChI is InChI=1S/C14H18ClN3/c1-4-10-9-13(18(3)17-10)14(16-2)11-7-5-6-8-12(11)15/h5-9,14,16H,4H2,1-3H3. The highest BCUT2D eigenvalue weighted by Gasteiger charge is 2.18. The molecule has 3 nitrogen and oxygen atoms in total. The molecule has 0 amide bonds. The van der Waals surface area contributed by atoms with Crippen molar-refractivity contribution in [2.75, 3.05) is 7.05 Å². The van der Waals surface area contributed by atoms with Crippen molar-refractivity contribution in [2.45, 2.75) is 19.4 Å². The highest BCUT2D eigenvalue weighted by molar-refractivity contribution is 6.31. The molecule has 0 aliphatic carbocycles. The van der Waals surface area contributed by atoms with Crippen molar-refractivity contribution >= 4 is 11.6 Å². The minimum Gasteiger partial charge on any atom is -0.308 e. The van der Waals surface area contributed by atoms with Crippen molar-refractivity contribution in [3.63, 3.8) is 0 Å². The first-order valence-corrected chi connectivity index (χ1v) is 6.49. The van der Waals surface area contributed by atoms with E-state index in [-0.39, 0.29) is 6.04 Å². The molecular weight excluding hydrogens is 246 g/mol. The van der Waals surface area contributed by atoms with Gasteiger partial charge in [0.25, 0.3) is 0 Å². The largest absolute Gasteiger partial charge is 0.308 e. The van der Waals surface area contributed by atoms with Gasteiger partial charge in [0.2, 0.25) is 0 Å². The summed E-state index contributed by atoms with van der Waals surface area (Å²) in [5, 5.41) is 8.57. The lowest BCUT2D eigenvalue weighted by molar-refractivity contribution is 0.604. The molecule has 0 fully saturated rings. The van der Waals surface area contributed by atoms with Crippen LogP contribution in [0, 0.1) is 0 Å². The normalized spacial score (nSPS) is 12.7. The van der Waals surface area contributed by atoms with E-state index in [0.717, 1.165) is 28.4 Å². The van der Waals surface area contributed by atoms with Gasteiger partial charge in [0, 0.05) is 12.1 Å². The maximum Gasteiger partial charge on any atom is 0.0760 e. The molecule has 2 rings (SSSR count). The minimum atomic E-state index is 0.0662. The van der Waals surface area contributed by atoms with Crippen LogP contribution in [0.4, 0.5) is 0 Å². The van der Waals surface area contributed by atoms with E-state index in [1.807, 2.05) is 43.0 Å². The third-order valence-electron chi connectivity index (χ3n) is 3.13. The Hall–Kier alpha value is -1.32. The first-order chi connectivity index (χ1) is 8.67. The topological polar surface area (TPSA) is 29.9 Å². The molecule has 1 aromatic heterocycles. The summed E-state index contributed by atoms with van der Waals surface area (Å²) in [6.07, 6.45) is 0.937. The van der Waals surface area contributed by atoms with Crippen molar-refractivity contribution in [3.05, 3.63) is 52.3 Å². The van der Waals surface area contributed by atoms with Crippen LogP contribution in [-0.2, 0) is 13.5 Å². The number of halogens is 1. The monoisotopic (exact) mass is 263 g/mol.